The molecule has 1 aromatic carbocycles. The lowest BCUT2D eigenvalue weighted by molar-refractivity contribution is 0.218. The van der Waals surface area contributed by atoms with Gasteiger partial charge in [0.2, 0.25) is 0 Å². The molecule has 5 heteroatoms. The Balaban J connectivity index is 2.17. The molecule has 0 aromatic heterocycles. The first-order valence-electron chi connectivity index (χ1n) is 6.19. The first-order chi connectivity index (χ1) is 8.72. The van der Waals surface area contributed by atoms with Gasteiger partial charge in [-0.05, 0) is 52.3 Å². The van der Waals surface area contributed by atoms with Crippen LogP contribution in [0.1, 0.15) is 18.0 Å². The maximum absolute atomic E-state index is 6.18. The fourth-order valence-corrected chi connectivity index (χ4v) is 3.63. The van der Waals surface area contributed by atoms with Gasteiger partial charge in [0.1, 0.15) is 0 Å². The fourth-order valence-electron chi connectivity index (χ4n) is 2.29. The second-order valence-electron chi connectivity index (χ2n) is 4.43. The molecule has 1 atom stereocenters. The van der Waals surface area contributed by atoms with Gasteiger partial charge >= 0.3 is 0 Å². The largest absolute Gasteiger partial charge is 0.329 e. The third kappa shape index (κ3) is 3.64. The Kier molecular flexibility index (Phi) is 5.83. The van der Waals surface area contributed by atoms with Gasteiger partial charge in [-0.3, -0.25) is 4.90 Å². The van der Waals surface area contributed by atoms with Crippen molar-refractivity contribution in [2.24, 2.45) is 5.73 Å². The SMILES string of the molecule is NCC(c1ccc(Br)c(Cl)c1)N1CCCSCC1. The number of nitrogens with zero attached hydrogens (tertiary/aromatic N) is 1. The minimum Gasteiger partial charge on any atom is -0.329 e. The second-order valence-corrected chi connectivity index (χ2v) is 6.91. The molecule has 1 heterocycles. The molecule has 0 amide bonds. The predicted molar refractivity (Wildman–Crippen MR) is 84.5 cm³/mol. The van der Waals surface area contributed by atoms with E-state index >= 15 is 0 Å². The van der Waals surface area contributed by atoms with E-state index < -0.39 is 0 Å². The lowest BCUT2D eigenvalue weighted by atomic mass is 10.1. The van der Waals surface area contributed by atoms with E-state index in [4.69, 9.17) is 17.3 Å². The lowest BCUT2D eigenvalue weighted by Crippen LogP contribution is -2.35. The van der Waals surface area contributed by atoms with Crippen LogP contribution in [0.4, 0.5) is 0 Å². The predicted octanol–water partition coefficient (Wildman–Crippen LogP) is 3.54. The highest BCUT2D eigenvalue weighted by Gasteiger charge is 2.20. The van der Waals surface area contributed by atoms with Crippen LogP contribution in [0.25, 0.3) is 0 Å². The van der Waals surface area contributed by atoms with E-state index in [1.165, 1.54) is 23.5 Å². The van der Waals surface area contributed by atoms with E-state index in [9.17, 15) is 0 Å². The zero-order valence-electron chi connectivity index (χ0n) is 10.2. The second kappa shape index (κ2) is 7.15. The van der Waals surface area contributed by atoms with Crippen molar-refractivity contribution in [3.05, 3.63) is 33.3 Å². The zero-order valence-corrected chi connectivity index (χ0v) is 13.4. The van der Waals surface area contributed by atoms with Crippen LogP contribution in [0.15, 0.2) is 22.7 Å². The van der Waals surface area contributed by atoms with Crippen LogP contribution in [-0.2, 0) is 0 Å². The Labute approximate surface area is 126 Å². The van der Waals surface area contributed by atoms with Crippen molar-refractivity contribution < 1.29 is 0 Å². The van der Waals surface area contributed by atoms with Crippen molar-refractivity contribution in [2.45, 2.75) is 12.5 Å². The normalized spacial score (nSPS) is 19.5. The maximum atomic E-state index is 6.18. The van der Waals surface area contributed by atoms with Gasteiger partial charge in [-0.1, -0.05) is 17.7 Å². The monoisotopic (exact) mass is 348 g/mol. The third-order valence-electron chi connectivity index (χ3n) is 3.25. The Morgan fingerprint density at radius 3 is 2.94 bits per heavy atom. The van der Waals surface area contributed by atoms with Gasteiger partial charge in [-0.2, -0.15) is 11.8 Å². The van der Waals surface area contributed by atoms with Crippen molar-refractivity contribution in [1.29, 1.82) is 0 Å². The summed E-state index contributed by atoms with van der Waals surface area (Å²) in [6.07, 6.45) is 1.24. The van der Waals surface area contributed by atoms with Crippen molar-refractivity contribution in [3.63, 3.8) is 0 Å². The summed E-state index contributed by atoms with van der Waals surface area (Å²) in [6.45, 7) is 2.88. The molecular weight excluding hydrogens is 332 g/mol. The van der Waals surface area contributed by atoms with Crippen LogP contribution < -0.4 is 5.73 Å². The summed E-state index contributed by atoms with van der Waals surface area (Å²) >= 11 is 11.6. The Morgan fingerprint density at radius 1 is 1.39 bits per heavy atom. The quantitative estimate of drug-likeness (QED) is 0.905. The van der Waals surface area contributed by atoms with Crippen LogP contribution >= 0.6 is 39.3 Å². The minimum atomic E-state index is 0.286. The van der Waals surface area contributed by atoms with Crippen LogP contribution in [0.3, 0.4) is 0 Å². The van der Waals surface area contributed by atoms with Gasteiger partial charge in [0.25, 0.3) is 0 Å². The van der Waals surface area contributed by atoms with Gasteiger partial charge in [0, 0.05) is 29.4 Å². The fraction of sp³-hybridized carbons (Fsp3) is 0.538. The van der Waals surface area contributed by atoms with E-state index in [1.54, 1.807) is 0 Å². The van der Waals surface area contributed by atoms with Crippen LogP contribution in [0, 0.1) is 0 Å². The average Bonchev–Trinajstić information content (AvgIpc) is 2.64. The van der Waals surface area contributed by atoms with Gasteiger partial charge in [0.15, 0.2) is 0 Å². The van der Waals surface area contributed by atoms with Crippen molar-refractivity contribution >= 4 is 39.3 Å². The summed E-state index contributed by atoms with van der Waals surface area (Å²) in [7, 11) is 0. The van der Waals surface area contributed by atoms with Crippen LogP contribution in [0.5, 0.6) is 0 Å². The molecule has 0 radical (unpaired) electrons. The smallest absolute Gasteiger partial charge is 0.0551 e. The minimum absolute atomic E-state index is 0.286. The van der Waals surface area contributed by atoms with E-state index in [-0.39, 0.29) is 6.04 Å². The molecule has 0 spiro atoms. The number of hydrogen-bond donors (Lipinski definition) is 1. The zero-order chi connectivity index (χ0) is 13.0. The van der Waals surface area contributed by atoms with Gasteiger partial charge in [-0.15, -0.1) is 0 Å². The molecule has 0 bridgehead atoms. The van der Waals surface area contributed by atoms with Crippen molar-refractivity contribution in [3.8, 4) is 0 Å². The number of halogens is 2. The molecule has 1 fully saturated rings. The summed E-state index contributed by atoms with van der Waals surface area (Å²) in [5.74, 6) is 2.45. The number of hydrogen-bond acceptors (Lipinski definition) is 3. The molecule has 100 valence electrons. The van der Waals surface area contributed by atoms with Crippen molar-refractivity contribution in [2.75, 3.05) is 31.1 Å². The molecule has 2 N–H and O–H groups in total. The summed E-state index contributed by atoms with van der Waals surface area (Å²) in [6, 6.07) is 6.44. The average molecular weight is 350 g/mol. The van der Waals surface area contributed by atoms with Crippen LogP contribution in [-0.4, -0.2) is 36.0 Å². The molecule has 0 saturated carbocycles. The summed E-state index contributed by atoms with van der Waals surface area (Å²) < 4.78 is 0.940. The first-order valence-corrected chi connectivity index (χ1v) is 8.51. The molecule has 2 nitrogen and oxygen atoms in total. The van der Waals surface area contributed by atoms with Gasteiger partial charge in [-0.25, -0.2) is 0 Å². The maximum Gasteiger partial charge on any atom is 0.0551 e. The van der Waals surface area contributed by atoms with E-state index in [0.29, 0.717) is 6.54 Å². The number of benzene rings is 1. The summed E-state index contributed by atoms with van der Waals surface area (Å²) in [5.41, 5.74) is 7.19. The Bertz CT molecular complexity index is 395. The first kappa shape index (κ1) is 14.7. The molecule has 1 aliphatic heterocycles. The van der Waals surface area contributed by atoms with Crippen molar-refractivity contribution in [1.82, 2.24) is 4.90 Å². The standard InChI is InChI=1S/C13H18BrClN2S/c14-11-3-2-10(8-12(11)15)13(9-16)17-4-1-6-18-7-5-17/h2-3,8,13H,1,4-7,9,16H2. The number of rotatable bonds is 3. The van der Waals surface area contributed by atoms with E-state index in [0.717, 1.165) is 22.6 Å². The highest BCUT2D eigenvalue weighted by atomic mass is 79.9. The highest BCUT2D eigenvalue weighted by Crippen LogP contribution is 2.29. The molecule has 18 heavy (non-hydrogen) atoms. The van der Waals surface area contributed by atoms with E-state index in [2.05, 4.69) is 26.9 Å². The highest BCUT2D eigenvalue weighted by molar-refractivity contribution is 9.10. The Morgan fingerprint density at radius 2 is 2.22 bits per heavy atom. The molecular formula is C13H18BrClN2S. The Hall–Kier alpha value is 0.260. The molecule has 1 unspecified atom stereocenters. The number of nitrogens with two attached hydrogens (primary N) is 1. The molecule has 0 aliphatic carbocycles. The van der Waals surface area contributed by atoms with Gasteiger partial charge in [0.05, 0.1) is 5.02 Å². The summed E-state index contributed by atoms with van der Waals surface area (Å²) in [4.78, 5) is 2.49. The topological polar surface area (TPSA) is 29.3 Å². The molecule has 1 aliphatic rings. The molecule has 2 rings (SSSR count). The lowest BCUT2D eigenvalue weighted by Gasteiger charge is -2.30. The molecule has 1 saturated heterocycles. The molecule has 1 aromatic rings. The summed E-state index contributed by atoms with van der Waals surface area (Å²) in [5, 5.41) is 0.759. The van der Waals surface area contributed by atoms with Crippen LogP contribution in [0.2, 0.25) is 5.02 Å². The third-order valence-corrected chi connectivity index (χ3v) is 5.53. The van der Waals surface area contributed by atoms with E-state index in [1.807, 2.05) is 23.9 Å². The van der Waals surface area contributed by atoms with Gasteiger partial charge < -0.3 is 5.73 Å². The number of thioether (sulfide) groups is 1.